The van der Waals surface area contributed by atoms with Crippen molar-refractivity contribution in [1.29, 1.82) is 0 Å². The highest BCUT2D eigenvalue weighted by Crippen LogP contribution is 2.49. The van der Waals surface area contributed by atoms with Crippen molar-refractivity contribution in [3.8, 4) is 0 Å². The predicted molar refractivity (Wildman–Crippen MR) is 44.0 cm³/mol. The molecule has 1 atom stereocenters. The van der Waals surface area contributed by atoms with Crippen LogP contribution >= 0.6 is 0 Å². The van der Waals surface area contributed by atoms with Gasteiger partial charge in [-0.2, -0.15) is 0 Å². The molecule has 0 saturated heterocycles. The zero-order chi connectivity index (χ0) is 7.90. The molecule has 2 heteroatoms. The Morgan fingerprint density at radius 3 is 2.82 bits per heavy atom. The SMILES string of the molecule is CC1(C(N)C2=COCC2)CC1. The van der Waals surface area contributed by atoms with Crippen molar-refractivity contribution in [3.05, 3.63) is 11.8 Å². The number of rotatable bonds is 2. The largest absolute Gasteiger partial charge is 0.501 e. The van der Waals surface area contributed by atoms with E-state index in [0.29, 0.717) is 5.41 Å². The molecule has 0 aromatic rings. The molecule has 0 bridgehead atoms. The van der Waals surface area contributed by atoms with Gasteiger partial charge in [0.2, 0.25) is 0 Å². The molecule has 1 saturated carbocycles. The van der Waals surface area contributed by atoms with Gasteiger partial charge in [-0.3, -0.25) is 0 Å². The maximum Gasteiger partial charge on any atom is 0.0912 e. The van der Waals surface area contributed by atoms with E-state index < -0.39 is 0 Å². The Labute approximate surface area is 67.4 Å². The first-order valence-electron chi connectivity index (χ1n) is 4.28. The van der Waals surface area contributed by atoms with Gasteiger partial charge in [0.05, 0.1) is 12.9 Å². The molecule has 62 valence electrons. The lowest BCUT2D eigenvalue weighted by Crippen LogP contribution is -2.31. The van der Waals surface area contributed by atoms with Crippen LogP contribution < -0.4 is 5.73 Å². The summed E-state index contributed by atoms with van der Waals surface area (Å²) in [6.07, 6.45) is 5.46. The first kappa shape index (κ1) is 7.17. The molecule has 1 unspecified atom stereocenters. The Balaban J connectivity index is 2.03. The van der Waals surface area contributed by atoms with E-state index >= 15 is 0 Å². The third-order valence-electron chi connectivity index (χ3n) is 2.93. The number of hydrogen-bond acceptors (Lipinski definition) is 2. The monoisotopic (exact) mass is 153 g/mol. The fraction of sp³-hybridized carbons (Fsp3) is 0.778. The molecule has 11 heavy (non-hydrogen) atoms. The molecule has 0 amide bonds. The summed E-state index contributed by atoms with van der Waals surface area (Å²) in [7, 11) is 0. The van der Waals surface area contributed by atoms with Gasteiger partial charge in [-0.15, -0.1) is 0 Å². The van der Waals surface area contributed by atoms with E-state index in [1.54, 1.807) is 0 Å². The molecule has 0 aromatic heterocycles. The van der Waals surface area contributed by atoms with Gasteiger partial charge in [-0.1, -0.05) is 6.92 Å². The number of nitrogens with two attached hydrogens (primary N) is 1. The molecule has 0 spiro atoms. The van der Waals surface area contributed by atoms with Crippen LogP contribution in [-0.4, -0.2) is 12.6 Å². The van der Waals surface area contributed by atoms with Gasteiger partial charge in [-0.05, 0) is 23.8 Å². The van der Waals surface area contributed by atoms with Crippen LogP contribution in [0.4, 0.5) is 0 Å². The van der Waals surface area contributed by atoms with Gasteiger partial charge in [0.15, 0.2) is 0 Å². The van der Waals surface area contributed by atoms with Crippen LogP contribution in [0.2, 0.25) is 0 Å². The number of hydrogen-bond donors (Lipinski definition) is 1. The van der Waals surface area contributed by atoms with Crippen LogP contribution in [0.1, 0.15) is 26.2 Å². The van der Waals surface area contributed by atoms with Crippen LogP contribution in [0, 0.1) is 5.41 Å². The maximum absolute atomic E-state index is 6.07. The Morgan fingerprint density at radius 2 is 2.36 bits per heavy atom. The van der Waals surface area contributed by atoms with E-state index in [9.17, 15) is 0 Å². The highest BCUT2D eigenvalue weighted by molar-refractivity contribution is 5.18. The number of ether oxygens (including phenoxy) is 1. The van der Waals surface area contributed by atoms with Gasteiger partial charge >= 0.3 is 0 Å². The van der Waals surface area contributed by atoms with Crippen LogP contribution in [0.15, 0.2) is 11.8 Å². The Morgan fingerprint density at radius 1 is 1.64 bits per heavy atom. The second kappa shape index (κ2) is 2.24. The molecule has 0 radical (unpaired) electrons. The van der Waals surface area contributed by atoms with Gasteiger partial charge in [-0.25, -0.2) is 0 Å². The zero-order valence-electron chi connectivity index (χ0n) is 6.97. The average molecular weight is 153 g/mol. The van der Waals surface area contributed by atoms with E-state index in [-0.39, 0.29) is 6.04 Å². The molecule has 2 N–H and O–H groups in total. The van der Waals surface area contributed by atoms with Crippen molar-refractivity contribution in [3.63, 3.8) is 0 Å². The van der Waals surface area contributed by atoms with E-state index in [1.807, 2.05) is 6.26 Å². The first-order valence-corrected chi connectivity index (χ1v) is 4.28. The van der Waals surface area contributed by atoms with Crippen molar-refractivity contribution in [2.24, 2.45) is 11.1 Å². The molecular weight excluding hydrogens is 138 g/mol. The molecule has 2 rings (SSSR count). The highest BCUT2D eigenvalue weighted by Gasteiger charge is 2.44. The molecular formula is C9H15NO. The minimum Gasteiger partial charge on any atom is -0.501 e. The Hall–Kier alpha value is -0.500. The second-order valence-electron chi connectivity index (χ2n) is 3.95. The van der Waals surface area contributed by atoms with E-state index in [4.69, 9.17) is 10.5 Å². The third kappa shape index (κ3) is 1.16. The van der Waals surface area contributed by atoms with Crippen LogP contribution in [0.25, 0.3) is 0 Å². The third-order valence-corrected chi connectivity index (χ3v) is 2.93. The lowest BCUT2D eigenvalue weighted by Gasteiger charge is -2.18. The summed E-state index contributed by atoms with van der Waals surface area (Å²) in [6.45, 7) is 3.09. The van der Waals surface area contributed by atoms with Gasteiger partial charge in [0, 0.05) is 12.5 Å². The molecule has 1 fully saturated rings. The quantitative estimate of drug-likeness (QED) is 0.651. The lowest BCUT2D eigenvalue weighted by atomic mass is 9.92. The van der Waals surface area contributed by atoms with Crippen molar-refractivity contribution in [2.75, 3.05) is 6.61 Å². The molecule has 2 aliphatic rings. The summed E-state index contributed by atoms with van der Waals surface area (Å²) in [5.74, 6) is 0. The summed E-state index contributed by atoms with van der Waals surface area (Å²) >= 11 is 0. The van der Waals surface area contributed by atoms with Gasteiger partial charge in [0.25, 0.3) is 0 Å². The fourth-order valence-electron chi connectivity index (χ4n) is 1.59. The molecule has 2 nitrogen and oxygen atoms in total. The average Bonchev–Trinajstić information content (AvgIpc) is 2.54. The van der Waals surface area contributed by atoms with Crippen LogP contribution in [0.3, 0.4) is 0 Å². The van der Waals surface area contributed by atoms with Crippen molar-refractivity contribution >= 4 is 0 Å². The second-order valence-corrected chi connectivity index (χ2v) is 3.95. The predicted octanol–water partition coefficient (Wildman–Crippen LogP) is 1.42. The summed E-state index contributed by atoms with van der Waals surface area (Å²) in [4.78, 5) is 0. The molecule has 1 aliphatic carbocycles. The normalized spacial score (nSPS) is 29.1. The minimum absolute atomic E-state index is 0.255. The molecule has 0 aromatic carbocycles. The fourth-order valence-corrected chi connectivity index (χ4v) is 1.59. The van der Waals surface area contributed by atoms with Gasteiger partial charge in [0.1, 0.15) is 0 Å². The summed E-state index contributed by atoms with van der Waals surface area (Å²) < 4.78 is 5.16. The van der Waals surface area contributed by atoms with Gasteiger partial charge < -0.3 is 10.5 Å². The van der Waals surface area contributed by atoms with E-state index in [0.717, 1.165) is 13.0 Å². The Kier molecular flexibility index (Phi) is 1.46. The topological polar surface area (TPSA) is 35.2 Å². The lowest BCUT2D eigenvalue weighted by molar-refractivity contribution is 0.281. The molecule has 1 heterocycles. The van der Waals surface area contributed by atoms with Crippen LogP contribution in [-0.2, 0) is 4.74 Å². The first-order chi connectivity index (χ1) is 5.22. The maximum atomic E-state index is 6.07. The Bertz CT molecular complexity index is 194. The highest BCUT2D eigenvalue weighted by atomic mass is 16.5. The summed E-state index contributed by atoms with van der Waals surface area (Å²) in [5.41, 5.74) is 7.78. The van der Waals surface area contributed by atoms with Crippen molar-refractivity contribution in [2.45, 2.75) is 32.2 Å². The zero-order valence-corrected chi connectivity index (χ0v) is 6.97. The summed E-state index contributed by atoms with van der Waals surface area (Å²) in [6, 6.07) is 0.255. The van der Waals surface area contributed by atoms with Crippen molar-refractivity contribution < 1.29 is 4.74 Å². The summed E-state index contributed by atoms with van der Waals surface area (Å²) in [5, 5.41) is 0. The van der Waals surface area contributed by atoms with Crippen LogP contribution in [0.5, 0.6) is 0 Å². The minimum atomic E-state index is 0.255. The van der Waals surface area contributed by atoms with Crippen molar-refractivity contribution in [1.82, 2.24) is 0 Å². The van der Waals surface area contributed by atoms with E-state index in [1.165, 1.54) is 18.4 Å². The van der Waals surface area contributed by atoms with E-state index in [2.05, 4.69) is 6.92 Å². The smallest absolute Gasteiger partial charge is 0.0912 e. The molecule has 1 aliphatic heterocycles. The standard InChI is InChI=1S/C9H15NO/c1-9(3-4-9)8(10)7-2-5-11-6-7/h6,8H,2-5,10H2,1H3.